The van der Waals surface area contributed by atoms with E-state index in [1.54, 1.807) is 19.1 Å². The predicted octanol–water partition coefficient (Wildman–Crippen LogP) is 1.93. The summed E-state index contributed by atoms with van der Waals surface area (Å²) in [6.45, 7) is 5.47. The van der Waals surface area contributed by atoms with Gasteiger partial charge in [0, 0.05) is 18.3 Å². The molecule has 6 nitrogen and oxygen atoms in total. The molecule has 110 valence electrons. The molecule has 2 amide bonds. The number of aryl methyl sites for hydroxylation is 1. The van der Waals surface area contributed by atoms with Crippen molar-refractivity contribution in [3.05, 3.63) is 29.3 Å². The highest BCUT2D eigenvalue weighted by Crippen LogP contribution is 2.16. The van der Waals surface area contributed by atoms with E-state index in [-0.39, 0.29) is 30.8 Å². The van der Waals surface area contributed by atoms with Gasteiger partial charge < -0.3 is 20.4 Å². The summed E-state index contributed by atoms with van der Waals surface area (Å²) >= 11 is 0. The molecular weight excluding hydrogens is 260 g/mol. The quantitative estimate of drug-likeness (QED) is 0.768. The summed E-state index contributed by atoms with van der Waals surface area (Å²) < 4.78 is 0. The van der Waals surface area contributed by atoms with Crippen LogP contribution < -0.4 is 5.32 Å². The SMILES string of the molecule is Cc1ccc(NC(=O)N(CCO)C(C)C)cc1C(=O)O. The topological polar surface area (TPSA) is 89.9 Å². The third-order valence-corrected chi connectivity index (χ3v) is 2.94. The van der Waals surface area contributed by atoms with Crippen molar-refractivity contribution >= 4 is 17.7 Å². The molecule has 0 aliphatic rings. The predicted molar refractivity (Wildman–Crippen MR) is 76.1 cm³/mol. The number of rotatable bonds is 5. The van der Waals surface area contributed by atoms with Crippen LogP contribution in [0.1, 0.15) is 29.8 Å². The Bertz CT molecular complexity index is 500. The number of carbonyl (C=O) groups is 2. The van der Waals surface area contributed by atoms with Crippen molar-refractivity contribution in [2.24, 2.45) is 0 Å². The van der Waals surface area contributed by atoms with Crippen LogP contribution in [0.2, 0.25) is 0 Å². The van der Waals surface area contributed by atoms with E-state index >= 15 is 0 Å². The van der Waals surface area contributed by atoms with E-state index in [0.29, 0.717) is 11.3 Å². The normalized spacial score (nSPS) is 10.4. The first-order chi connectivity index (χ1) is 9.36. The lowest BCUT2D eigenvalue weighted by molar-refractivity contribution is 0.0696. The maximum absolute atomic E-state index is 12.1. The minimum absolute atomic E-state index is 0.0634. The molecule has 0 aliphatic heterocycles. The molecule has 0 saturated heterocycles. The van der Waals surface area contributed by atoms with E-state index in [9.17, 15) is 9.59 Å². The summed E-state index contributed by atoms with van der Waals surface area (Å²) in [5.74, 6) is -1.03. The maximum atomic E-state index is 12.1. The van der Waals surface area contributed by atoms with E-state index in [4.69, 9.17) is 10.2 Å². The number of urea groups is 1. The lowest BCUT2D eigenvalue weighted by Gasteiger charge is -2.26. The Kier molecular flexibility index (Phi) is 5.52. The third kappa shape index (κ3) is 3.96. The molecule has 1 aromatic rings. The van der Waals surface area contributed by atoms with Gasteiger partial charge in [0.15, 0.2) is 0 Å². The van der Waals surface area contributed by atoms with Gasteiger partial charge in [0.05, 0.1) is 12.2 Å². The Morgan fingerprint density at radius 3 is 2.50 bits per heavy atom. The lowest BCUT2D eigenvalue weighted by atomic mass is 10.1. The minimum Gasteiger partial charge on any atom is -0.478 e. The highest BCUT2D eigenvalue weighted by Gasteiger charge is 2.17. The van der Waals surface area contributed by atoms with Gasteiger partial charge in [-0.05, 0) is 38.5 Å². The second-order valence-corrected chi connectivity index (χ2v) is 4.78. The van der Waals surface area contributed by atoms with Crippen LogP contribution in [0, 0.1) is 6.92 Å². The van der Waals surface area contributed by atoms with Gasteiger partial charge in [0.25, 0.3) is 0 Å². The van der Waals surface area contributed by atoms with E-state index in [1.807, 2.05) is 13.8 Å². The monoisotopic (exact) mass is 280 g/mol. The second-order valence-electron chi connectivity index (χ2n) is 4.78. The van der Waals surface area contributed by atoms with Crippen molar-refractivity contribution in [3.8, 4) is 0 Å². The number of aliphatic hydroxyl groups excluding tert-OH is 1. The number of hydrogen-bond acceptors (Lipinski definition) is 3. The van der Waals surface area contributed by atoms with Crippen molar-refractivity contribution in [2.75, 3.05) is 18.5 Å². The van der Waals surface area contributed by atoms with Crippen LogP contribution in [0.5, 0.6) is 0 Å². The first-order valence-electron chi connectivity index (χ1n) is 6.39. The zero-order chi connectivity index (χ0) is 15.3. The number of anilines is 1. The molecule has 0 bridgehead atoms. The van der Waals surface area contributed by atoms with Crippen LogP contribution in [0.3, 0.4) is 0 Å². The van der Waals surface area contributed by atoms with Crippen molar-refractivity contribution in [2.45, 2.75) is 26.8 Å². The van der Waals surface area contributed by atoms with E-state index < -0.39 is 5.97 Å². The molecule has 0 aliphatic carbocycles. The summed E-state index contributed by atoms with van der Waals surface area (Å²) in [5.41, 5.74) is 1.20. The molecule has 0 radical (unpaired) electrons. The Morgan fingerprint density at radius 1 is 1.35 bits per heavy atom. The molecule has 0 unspecified atom stereocenters. The number of carbonyl (C=O) groups excluding carboxylic acids is 1. The third-order valence-electron chi connectivity index (χ3n) is 2.94. The van der Waals surface area contributed by atoms with Crippen LogP contribution in [0.4, 0.5) is 10.5 Å². The Hall–Kier alpha value is -2.08. The first kappa shape index (κ1) is 16.0. The number of aromatic carboxylic acids is 1. The van der Waals surface area contributed by atoms with E-state index in [0.717, 1.165) is 0 Å². The number of hydrogen-bond donors (Lipinski definition) is 3. The smallest absolute Gasteiger partial charge is 0.336 e. The highest BCUT2D eigenvalue weighted by atomic mass is 16.4. The molecule has 0 heterocycles. The average Bonchev–Trinajstić information content (AvgIpc) is 2.37. The highest BCUT2D eigenvalue weighted by molar-refractivity contribution is 5.94. The number of carboxylic acids is 1. The van der Waals surface area contributed by atoms with Crippen molar-refractivity contribution in [3.63, 3.8) is 0 Å². The molecule has 20 heavy (non-hydrogen) atoms. The van der Waals surface area contributed by atoms with Crippen LogP contribution in [-0.2, 0) is 0 Å². The number of carboxylic acid groups (broad SMARTS) is 1. The minimum atomic E-state index is -1.03. The van der Waals surface area contributed by atoms with Gasteiger partial charge in [0.1, 0.15) is 0 Å². The fourth-order valence-electron chi connectivity index (χ4n) is 1.83. The molecule has 3 N–H and O–H groups in total. The van der Waals surface area contributed by atoms with Crippen LogP contribution in [-0.4, -0.2) is 46.3 Å². The first-order valence-corrected chi connectivity index (χ1v) is 6.39. The van der Waals surface area contributed by atoms with Gasteiger partial charge >= 0.3 is 12.0 Å². The van der Waals surface area contributed by atoms with Crippen LogP contribution in [0.25, 0.3) is 0 Å². The Balaban J connectivity index is 2.89. The van der Waals surface area contributed by atoms with Gasteiger partial charge in [-0.3, -0.25) is 0 Å². The summed E-state index contributed by atoms with van der Waals surface area (Å²) in [7, 11) is 0. The molecular formula is C14H20N2O4. The summed E-state index contributed by atoms with van der Waals surface area (Å²) in [6, 6.07) is 4.29. The Labute approximate surface area is 118 Å². The number of aliphatic hydroxyl groups is 1. The van der Waals surface area contributed by atoms with Crippen molar-refractivity contribution in [1.82, 2.24) is 4.90 Å². The van der Waals surface area contributed by atoms with Gasteiger partial charge in [-0.25, -0.2) is 9.59 Å². The molecule has 1 rings (SSSR count). The van der Waals surface area contributed by atoms with Crippen molar-refractivity contribution < 1.29 is 19.8 Å². The molecule has 0 fully saturated rings. The second kappa shape index (κ2) is 6.91. The number of benzene rings is 1. The lowest BCUT2D eigenvalue weighted by Crippen LogP contribution is -2.41. The number of nitrogens with one attached hydrogen (secondary N) is 1. The average molecular weight is 280 g/mol. The standard InChI is InChI=1S/C14H20N2O4/c1-9(2)16(6-7-17)14(20)15-11-5-4-10(3)12(8-11)13(18)19/h4-5,8-9,17H,6-7H2,1-3H3,(H,15,20)(H,18,19). The van der Waals surface area contributed by atoms with Gasteiger partial charge in [-0.2, -0.15) is 0 Å². The molecule has 0 saturated carbocycles. The fraction of sp³-hybridized carbons (Fsp3) is 0.429. The van der Waals surface area contributed by atoms with Gasteiger partial charge in [-0.15, -0.1) is 0 Å². The number of amides is 2. The zero-order valence-corrected chi connectivity index (χ0v) is 11.9. The number of nitrogens with zero attached hydrogens (tertiary/aromatic N) is 1. The molecule has 0 spiro atoms. The summed E-state index contributed by atoms with van der Waals surface area (Å²) in [4.78, 5) is 24.6. The van der Waals surface area contributed by atoms with E-state index in [1.165, 1.54) is 11.0 Å². The van der Waals surface area contributed by atoms with Crippen LogP contribution in [0.15, 0.2) is 18.2 Å². The summed E-state index contributed by atoms with van der Waals surface area (Å²) in [5, 5.41) is 20.6. The van der Waals surface area contributed by atoms with E-state index in [2.05, 4.69) is 5.32 Å². The Morgan fingerprint density at radius 2 is 2.00 bits per heavy atom. The molecule has 0 aromatic heterocycles. The van der Waals surface area contributed by atoms with Gasteiger partial charge in [0.2, 0.25) is 0 Å². The van der Waals surface area contributed by atoms with Gasteiger partial charge in [-0.1, -0.05) is 6.07 Å². The van der Waals surface area contributed by atoms with Crippen LogP contribution >= 0.6 is 0 Å². The maximum Gasteiger partial charge on any atom is 0.336 e. The fourth-order valence-corrected chi connectivity index (χ4v) is 1.83. The molecule has 1 aromatic carbocycles. The summed E-state index contributed by atoms with van der Waals surface area (Å²) in [6.07, 6.45) is 0. The van der Waals surface area contributed by atoms with Crippen molar-refractivity contribution in [1.29, 1.82) is 0 Å². The zero-order valence-electron chi connectivity index (χ0n) is 11.9. The molecule has 0 atom stereocenters. The largest absolute Gasteiger partial charge is 0.478 e. The molecule has 6 heteroatoms.